The van der Waals surface area contributed by atoms with Crippen LogP contribution in [0.5, 0.6) is 0 Å². The van der Waals surface area contributed by atoms with Gasteiger partial charge in [-0.25, -0.2) is 4.79 Å². The predicted molar refractivity (Wildman–Crippen MR) is 78.1 cm³/mol. The molecule has 2 N–H and O–H groups in total. The number of carbonyl (C=O) groups is 2. The van der Waals surface area contributed by atoms with E-state index in [2.05, 4.69) is 5.32 Å². The molecule has 0 radical (unpaired) electrons. The van der Waals surface area contributed by atoms with Gasteiger partial charge in [-0.15, -0.1) is 0 Å². The molecule has 1 heterocycles. The minimum Gasteiger partial charge on any atom is -0.481 e. The standard InChI is InChI=1S/C15H26N2O4/c1-2-21-13-8-12(9-13)16-15(20)17-7-3-4-11(10-17)5-6-14(18)19/h11-13H,2-10H2,1H3,(H,16,20)(H,18,19). The quantitative estimate of drug-likeness (QED) is 0.784. The molecule has 0 aromatic rings. The van der Waals surface area contributed by atoms with Gasteiger partial charge in [0.2, 0.25) is 0 Å². The molecule has 1 unspecified atom stereocenters. The van der Waals surface area contributed by atoms with Crippen LogP contribution >= 0.6 is 0 Å². The molecular weight excluding hydrogens is 272 g/mol. The van der Waals surface area contributed by atoms with Crippen molar-refractivity contribution in [1.82, 2.24) is 10.2 Å². The Balaban J connectivity index is 1.69. The number of urea groups is 1. The molecule has 0 aromatic carbocycles. The van der Waals surface area contributed by atoms with E-state index in [0.717, 1.165) is 38.8 Å². The van der Waals surface area contributed by atoms with Gasteiger partial charge in [-0.2, -0.15) is 0 Å². The molecule has 2 amide bonds. The Labute approximate surface area is 125 Å². The highest BCUT2D eigenvalue weighted by Crippen LogP contribution is 2.25. The summed E-state index contributed by atoms with van der Waals surface area (Å²) in [6.07, 6.45) is 4.93. The Hall–Kier alpha value is -1.30. The van der Waals surface area contributed by atoms with Crippen LogP contribution in [0.15, 0.2) is 0 Å². The van der Waals surface area contributed by atoms with E-state index >= 15 is 0 Å². The molecule has 21 heavy (non-hydrogen) atoms. The lowest BCUT2D eigenvalue weighted by Crippen LogP contribution is -2.53. The van der Waals surface area contributed by atoms with E-state index in [4.69, 9.17) is 9.84 Å². The highest BCUT2D eigenvalue weighted by molar-refractivity contribution is 5.74. The topological polar surface area (TPSA) is 78.9 Å². The SMILES string of the molecule is CCOC1CC(NC(=O)N2CCCC(CCC(=O)O)C2)C1. The summed E-state index contributed by atoms with van der Waals surface area (Å²) in [5.74, 6) is -0.439. The number of nitrogens with one attached hydrogen (secondary N) is 1. The van der Waals surface area contributed by atoms with E-state index in [1.807, 2.05) is 11.8 Å². The molecule has 6 heteroatoms. The lowest BCUT2D eigenvalue weighted by atomic mass is 9.89. The summed E-state index contributed by atoms with van der Waals surface area (Å²) in [5, 5.41) is 11.8. The lowest BCUT2D eigenvalue weighted by Gasteiger charge is -2.38. The van der Waals surface area contributed by atoms with Gasteiger partial charge in [-0.3, -0.25) is 4.79 Å². The first-order chi connectivity index (χ1) is 10.1. The summed E-state index contributed by atoms with van der Waals surface area (Å²) in [6.45, 7) is 4.16. The monoisotopic (exact) mass is 298 g/mol. The predicted octanol–water partition coefficient (Wildman–Crippen LogP) is 1.84. The third-order valence-corrected chi connectivity index (χ3v) is 4.40. The Morgan fingerprint density at radius 1 is 1.38 bits per heavy atom. The molecule has 1 saturated carbocycles. The number of amides is 2. The fourth-order valence-electron chi connectivity index (χ4n) is 3.13. The first-order valence-corrected chi connectivity index (χ1v) is 7.97. The molecule has 2 rings (SSSR count). The van der Waals surface area contributed by atoms with Gasteiger partial charge in [0.15, 0.2) is 0 Å². The number of carboxylic acid groups (broad SMARTS) is 1. The van der Waals surface area contributed by atoms with Crippen molar-refractivity contribution in [1.29, 1.82) is 0 Å². The van der Waals surface area contributed by atoms with Gasteiger partial charge in [-0.1, -0.05) is 0 Å². The van der Waals surface area contributed by atoms with Crippen molar-refractivity contribution in [2.45, 2.75) is 57.6 Å². The van der Waals surface area contributed by atoms with Crippen LogP contribution in [0, 0.1) is 5.92 Å². The number of hydrogen-bond donors (Lipinski definition) is 2. The Bertz CT molecular complexity index is 369. The van der Waals surface area contributed by atoms with E-state index in [0.29, 0.717) is 25.0 Å². The van der Waals surface area contributed by atoms with Gasteiger partial charge in [0.1, 0.15) is 0 Å². The van der Waals surface area contributed by atoms with Crippen LogP contribution < -0.4 is 5.32 Å². The number of likely N-dealkylation sites (tertiary alicyclic amines) is 1. The maximum Gasteiger partial charge on any atom is 0.317 e. The average Bonchev–Trinajstić information content (AvgIpc) is 2.43. The highest BCUT2D eigenvalue weighted by atomic mass is 16.5. The van der Waals surface area contributed by atoms with Crippen LogP contribution in [0.3, 0.4) is 0 Å². The molecule has 2 fully saturated rings. The van der Waals surface area contributed by atoms with Crippen LogP contribution in [0.4, 0.5) is 4.79 Å². The Morgan fingerprint density at radius 3 is 2.81 bits per heavy atom. The molecular formula is C15H26N2O4. The van der Waals surface area contributed by atoms with E-state index in [-0.39, 0.29) is 18.5 Å². The minimum atomic E-state index is -0.756. The maximum absolute atomic E-state index is 12.2. The fourth-order valence-corrected chi connectivity index (χ4v) is 3.13. The van der Waals surface area contributed by atoms with E-state index in [1.165, 1.54) is 0 Å². The van der Waals surface area contributed by atoms with Crippen molar-refractivity contribution >= 4 is 12.0 Å². The second-order valence-corrected chi connectivity index (χ2v) is 6.08. The summed E-state index contributed by atoms with van der Waals surface area (Å²) in [4.78, 5) is 24.7. The van der Waals surface area contributed by atoms with Gasteiger partial charge >= 0.3 is 12.0 Å². The molecule has 1 aliphatic carbocycles. The molecule has 2 aliphatic rings. The van der Waals surface area contributed by atoms with Gasteiger partial charge in [0, 0.05) is 32.2 Å². The third kappa shape index (κ3) is 4.88. The molecule has 6 nitrogen and oxygen atoms in total. The van der Waals surface area contributed by atoms with Gasteiger partial charge in [0.05, 0.1) is 6.10 Å². The number of ether oxygens (including phenoxy) is 1. The second kappa shape index (κ2) is 7.64. The molecule has 120 valence electrons. The van der Waals surface area contributed by atoms with Crippen molar-refractivity contribution in [2.75, 3.05) is 19.7 Å². The number of rotatable bonds is 6. The first-order valence-electron chi connectivity index (χ1n) is 7.97. The Morgan fingerprint density at radius 2 is 2.14 bits per heavy atom. The van der Waals surface area contributed by atoms with Crippen molar-refractivity contribution in [3.8, 4) is 0 Å². The molecule has 1 atom stereocenters. The van der Waals surface area contributed by atoms with Crippen molar-refractivity contribution in [3.63, 3.8) is 0 Å². The summed E-state index contributed by atoms with van der Waals surface area (Å²) >= 11 is 0. The van der Waals surface area contributed by atoms with E-state index in [9.17, 15) is 9.59 Å². The van der Waals surface area contributed by atoms with Crippen molar-refractivity contribution < 1.29 is 19.4 Å². The zero-order chi connectivity index (χ0) is 15.2. The average molecular weight is 298 g/mol. The Kier molecular flexibility index (Phi) is 5.85. The number of aliphatic carboxylic acids is 1. The van der Waals surface area contributed by atoms with Gasteiger partial charge in [-0.05, 0) is 44.9 Å². The second-order valence-electron chi connectivity index (χ2n) is 6.08. The molecule has 1 saturated heterocycles. The van der Waals surface area contributed by atoms with Gasteiger partial charge in [0.25, 0.3) is 0 Å². The number of piperidine rings is 1. The summed E-state index contributed by atoms with van der Waals surface area (Å²) in [5.41, 5.74) is 0. The fraction of sp³-hybridized carbons (Fsp3) is 0.867. The minimum absolute atomic E-state index is 0.00465. The smallest absolute Gasteiger partial charge is 0.317 e. The number of nitrogens with zero attached hydrogens (tertiary/aromatic N) is 1. The van der Waals surface area contributed by atoms with Gasteiger partial charge < -0.3 is 20.1 Å². The zero-order valence-corrected chi connectivity index (χ0v) is 12.7. The zero-order valence-electron chi connectivity index (χ0n) is 12.7. The molecule has 1 aliphatic heterocycles. The number of carbonyl (C=O) groups excluding carboxylic acids is 1. The van der Waals surface area contributed by atoms with Crippen LogP contribution in [0.25, 0.3) is 0 Å². The maximum atomic E-state index is 12.2. The normalized spacial score (nSPS) is 28.8. The summed E-state index contributed by atoms with van der Waals surface area (Å²) in [6, 6.07) is 0.225. The largest absolute Gasteiger partial charge is 0.481 e. The molecule has 0 aromatic heterocycles. The van der Waals surface area contributed by atoms with Crippen molar-refractivity contribution in [3.05, 3.63) is 0 Å². The third-order valence-electron chi connectivity index (χ3n) is 4.40. The lowest BCUT2D eigenvalue weighted by molar-refractivity contribution is -0.137. The number of carboxylic acids is 1. The van der Waals surface area contributed by atoms with Crippen LogP contribution in [0.1, 0.15) is 45.4 Å². The van der Waals surface area contributed by atoms with E-state index in [1.54, 1.807) is 0 Å². The van der Waals surface area contributed by atoms with Crippen molar-refractivity contribution in [2.24, 2.45) is 5.92 Å². The summed E-state index contributed by atoms with van der Waals surface area (Å²) < 4.78 is 5.49. The van der Waals surface area contributed by atoms with Crippen LogP contribution in [-0.2, 0) is 9.53 Å². The molecule has 0 spiro atoms. The van der Waals surface area contributed by atoms with Crippen LogP contribution in [0.2, 0.25) is 0 Å². The first kappa shape index (κ1) is 16.1. The molecule has 0 bridgehead atoms. The van der Waals surface area contributed by atoms with Crippen LogP contribution in [-0.4, -0.2) is 53.8 Å². The summed E-state index contributed by atoms with van der Waals surface area (Å²) in [7, 11) is 0. The van der Waals surface area contributed by atoms with E-state index < -0.39 is 5.97 Å². The highest BCUT2D eigenvalue weighted by Gasteiger charge is 2.32. The number of hydrogen-bond acceptors (Lipinski definition) is 3.